The van der Waals surface area contributed by atoms with Crippen LogP contribution in [0.1, 0.15) is 17.3 Å². The third kappa shape index (κ3) is 3.24. The number of nitrogens with one attached hydrogen (secondary N) is 2. The first kappa shape index (κ1) is 14.3. The smallest absolute Gasteiger partial charge is 0.259 e. The summed E-state index contributed by atoms with van der Waals surface area (Å²) in [6, 6.07) is 5.80. The van der Waals surface area contributed by atoms with E-state index in [0.29, 0.717) is 23.5 Å². The van der Waals surface area contributed by atoms with Gasteiger partial charge in [-0.05, 0) is 31.2 Å². The zero-order valence-electron chi connectivity index (χ0n) is 10.8. The second-order valence-corrected chi connectivity index (χ2v) is 4.44. The fourth-order valence-electron chi connectivity index (χ4n) is 1.69. The molecule has 6 heteroatoms. The monoisotopic (exact) mass is 293 g/mol. The van der Waals surface area contributed by atoms with Crippen molar-refractivity contribution in [3.8, 4) is 0 Å². The van der Waals surface area contributed by atoms with E-state index in [-0.39, 0.29) is 10.9 Å². The Morgan fingerprint density at radius 3 is 2.90 bits per heavy atom. The minimum atomic E-state index is -0.581. The highest BCUT2D eigenvalue weighted by Crippen LogP contribution is 2.20. The van der Waals surface area contributed by atoms with E-state index in [4.69, 9.17) is 11.6 Å². The number of rotatable bonds is 4. The summed E-state index contributed by atoms with van der Waals surface area (Å²) in [6.07, 6.45) is 3.05. The van der Waals surface area contributed by atoms with E-state index in [1.807, 2.05) is 6.92 Å². The first-order valence-corrected chi connectivity index (χ1v) is 6.44. The van der Waals surface area contributed by atoms with Gasteiger partial charge in [0, 0.05) is 24.6 Å². The lowest BCUT2D eigenvalue weighted by atomic mass is 10.2. The van der Waals surface area contributed by atoms with E-state index in [1.54, 1.807) is 12.3 Å². The lowest BCUT2D eigenvalue weighted by Gasteiger charge is -2.10. The van der Waals surface area contributed by atoms with Crippen LogP contribution < -0.4 is 10.6 Å². The van der Waals surface area contributed by atoms with Crippen LogP contribution in [0.2, 0.25) is 5.02 Å². The molecule has 20 heavy (non-hydrogen) atoms. The highest BCUT2D eigenvalue weighted by Gasteiger charge is 2.12. The van der Waals surface area contributed by atoms with Crippen molar-refractivity contribution in [3.63, 3.8) is 0 Å². The fraction of sp³-hybridized carbons (Fsp3) is 0.143. The van der Waals surface area contributed by atoms with Crippen molar-refractivity contribution in [1.29, 1.82) is 0 Å². The summed E-state index contributed by atoms with van der Waals surface area (Å²) in [7, 11) is 0. The molecule has 0 radical (unpaired) electrons. The first-order valence-electron chi connectivity index (χ1n) is 6.06. The van der Waals surface area contributed by atoms with Crippen molar-refractivity contribution < 1.29 is 9.18 Å². The van der Waals surface area contributed by atoms with Crippen molar-refractivity contribution in [1.82, 2.24) is 4.98 Å². The molecule has 1 heterocycles. The quantitative estimate of drug-likeness (QED) is 0.906. The van der Waals surface area contributed by atoms with Crippen LogP contribution in [0.3, 0.4) is 0 Å². The summed E-state index contributed by atoms with van der Waals surface area (Å²) in [5.74, 6) is -0.946. The van der Waals surface area contributed by atoms with Crippen molar-refractivity contribution in [2.45, 2.75) is 6.92 Å². The van der Waals surface area contributed by atoms with Gasteiger partial charge >= 0.3 is 0 Å². The van der Waals surface area contributed by atoms with Gasteiger partial charge in [-0.2, -0.15) is 0 Å². The van der Waals surface area contributed by atoms with Crippen molar-refractivity contribution in [3.05, 3.63) is 53.1 Å². The molecule has 2 aromatic rings. The molecule has 2 rings (SSSR count). The molecule has 2 N–H and O–H groups in total. The number of anilines is 2. The summed E-state index contributed by atoms with van der Waals surface area (Å²) in [5, 5.41) is 5.69. The predicted molar refractivity (Wildman–Crippen MR) is 77.8 cm³/mol. The molecule has 0 saturated carbocycles. The Hall–Kier alpha value is -2.14. The van der Waals surface area contributed by atoms with Crippen LogP contribution in [0, 0.1) is 5.82 Å². The second-order valence-electron chi connectivity index (χ2n) is 4.03. The number of pyridine rings is 1. The molecule has 0 saturated heterocycles. The molecule has 1 amide bonds. The molecule has 0 aliphatic rings. The minimum Gasteiger partial charge on any atom is -0.385 e. The molecule has 0 aliphatic heterocycles. The third-order valence-electron chi connectivity index (χ3n) is 2.61. The number of nitrogens with zero attached hydrogens (tertiary/aromatic N) is 1. The highest BCUT2D eigenvalue weighted by molar-refractivity contribution is 6.30. The number of amides is 1. The molecule has 0 unspecified atom stereocenters. The van der Waals surface area contributed by atoms with Gasteiger partial charge in [0.2, 0.25) is 0 Å². The standard InChI is InChI=1S/C14H13ClFN3O/c1-2-18-13-5-6-17-8-10(13)14(20)19-9-3-4-11(15)12(16)7-9/h3-8H,2H2,1H3,(H,17,18)(H,19,20). The topological polar surface area (TPSA) is 54.0 Å². The lowest BCUT2D eigenvalue weighted by molar-refractivity contribution is 0.102. The zero-order valence-corrected chi connectivity index (χ0v) is 11.5. The zero-order chi connectivity index (χ0) is 14.5. The maximum Gasteiger partial charge on any atom is 0.259 e. The van der Waals surface area contributed by atoms with Gasteiger partial charge in [0.25, 0.3) is 5.91 Å². The van der Waals surface area contributed by atoms with E-state index >= 15 is 0 Å². The summed E-state index contributed by atoms with van der Waals surface area (Å²) in [6.45, 7) is 2.61. The second kappa shape index (κ2) is 6.34. The van der Waals surface area contributed by atoms with Gasteiger partial charge in [-0.25, -0.2) is 4.39 Å². The Labute approximate surface area is 121 Å². The van der Waals surface area contributed by atoms with E-state index in [1.165, 1.54) is 24.4 Å². The molecule has 0 aliphatic carbocycles. The first-order chi connectivity index (χ1) is 9.61. The molecular formula is C14H13ClFN3O. The molecule has 0 bridgehead atoms. The van der Waals surface area contributed by atoms with Gasteiger partial charge in [0.15, 0.2) is 0 Å². The van der Waals surface area contributed by atoms with Crippen molar-refractivity contribution in [2.75, 3.05) is 17.2 Å². The van der Waals surface area contributed by atoms with Gasteiger partial charge in [0.05, 0.1) is 16.3 Å². The van der Waals surface area contributed by atoms with Crippen LogP contribution >= 0.6 is 11.6 Å². The van der Waals surface area contributed by atoms with Crippen LogP contribution in [0.25, 0.3) is 0 Å². The summed E-state index contributed by atoms with van der Waals surface area (Å²) < 4.78 is 13.3. The van der Waals surface area contributed by atoms with Crippen molar-refractivity contribution in [2.24, 2.45) is 0 Å². The maximum atomic E-state index is 13.3. The number of carbonyl (C=O) groups excluding carboxylic acids is 1. The normalized spacial score (nSPS) is 10.2. The van der Waals surface area contributed by atoms with Gasteiger partial charge in [0.1, 0.15) is 5.82 Å². The number of aromatic nitrogens is 1. The Bertz CT molecular complexity index is 634. The number of hydrogen-bond acceptors (Lipinski definition) is 3. The number of hydrogen-bond donors (Lipinski definition) is 2. The fourth-order valence-corrected chi connectivity index (χ4v) is 1.81. The van der Waals surface area contributed by atoms with Crippen LogP contribution in [-0.4, -0.2) is 17.4 Å². The van der Waals surface area contributed by atoms with E-state index < -0.39 is 5.82 Å². The van der Waals surface area contributed by atoms with Gasteiger partial charge in [-0.15, -0.1) is 0 Å². The average Bonchev–Trinajstić information content (AvgIpc) is 2.44. The Balaban J connectivity index is 2.21. The SMILES string of the molecule is CCNc1ccncc1C(=O)Nc1ccc(Cl)c(F)c1. The lowest BCUT2D eigenvalue weighted by Crippen LogP contribution is -2.15. The predicted octanol–water partition coefficient (Wildman–Crippen LogP) is 3.56. The Morgan fingerprint density at radius 2 is 2.20 bits per heavy atom. The molecule has 1 aromatic heterocycles. The summed E-state index contributed by atoms with van der Waals surface area (Å²) >= 11 is 5.59. The van der Waals surface area contributed by atoms with E-state index in [0.717, 1.165) is 0 Å². The molecule has 0 spiro atoms. The molecule has 4 nitrogen and oxygen atoms in total. The highest BCUT2D eigenvalue weighted by atomic mass is 35.5. The molecule has 0 fully saturated rings. The summed E-state index contributed by atoms with van der Waals surface area (Å²) in [4.78, 5) is 16.1. The Kier molecular flexibility index (Phi) is 4.53. The van der Waals surface area contributed by atoms with Gasteiger partial charge < -0.3 is 10.6 Å². The largest absolute Gasteiger partial charge is 0.385 e. The summed E-state index contributed by atoms with van der Waals surface area (Å²) in [5.41, 5.74) is 1.40. The molecule has 1 aromatic carbocycles. The van der Waals surface area contributed by atoms with E-state index in [2.05, 4.69) is 15.6 Å². The van der Waals surface area contributed by atoms with E-state index in [9.17, 15) is 9.18 Å². The van der Waals surface area contributed by atoms with Crippen LogP contribution in [0.5, 0.6) is 0 Å². The minimum absolute atomic E-state index is 0.0118. The third-order valence-corrected chi connectivity index (χ3v) is 2.92. The number of benzene rings is 1. The van der Waals surface area contributed by atoms with Crippen LogP contribution in [-0.2, 0) is 0 Å². The number of halogens is 2. The molecule has 0 atom stereocenters. The van der Waals surface area contributed by atoms with Crippen LogP contribution in [0.4, 0.5) is 15.8 Å². The average molecular weight is 294 g/mol. The Morgan fingerprint density at radius 1 is 1.40 bits per heavy atom. The van der Waals surface area contributed by atoms with Gasteiger partial charge in [-0.3, -0.25) is 9.78 Å². The van der Waals surface area contributed by atoms with Crippen molar-refractivity contribution >= 4 is 28.9 Å². The molecular weight excluding hydrogens is 281 g/mol. The molecule has 104 valence electrons. The van der Waals surface area contributed by atoms with Gasteiger partial charge in [-0.1, -0.05) is 11.6 Å². The number of carbonyl (C=O) groups is 1. The van der Waals surface area contributed by atoms with Crippen LogP contribution in [0.15, 0.2) is 36.7 Å². The maximum absolute atomic E-state index is 13.3.